The van der Waals surface area contributed by atoms with Crippen molar-refractivity contribution in [3.8, 4) is 5.75 Å². The van der Waals surface area contributed by atoms with E-state index in [0.29, 0.717) is 28.1 Å². The first kappa shape index (κ1) is 11.2. The quantitative estimate of drug-likeness (QED) is 0.667. The third kappa shape index (κ3) is 1.49. The Morgan fingerprint density at radius 3 is 2.89 bits per heavy atom. The van der Waals surface area contributed by atoms with Crippen LogP contribution in [0.4, 0.5) is 0 Å². The van der Waals surface area contributed by atoms with Gasteiger partial charge in [0.2, 0.25) is 0 Å². The summed E-state index contributed by atoms with van der Waals surface area (Å²) in [6.07, 6.45) is 1.54. The molecule has 18 heavy (non-hydrogen) atoms. The highest BCUT2D eigenvalue weighted by molar-refractivity contribution is 6.16. The number of hydrogen-bond donors (Lipinski definition) is 0. The monoisotopic (exact) mass is 264 g/mol. The second-order valence-corrected chi connectivity index (χ2v) is 4.09. The third-order valence-corrected chi connectivity index (χ3v) is 3.05. The normalized spacial score (nSPS) is 11.2. The number of alkyl halides is 1. The van der Waals surface area contributed by atoms with Gasteiger partial charge in [-0.25, -0.2) is 0 Å². The van der Waals surface area contributed by atoms with Crippen LogP contribution >= 0.6 is 11.6 Å². The molecule has 0 bridgehead atoms. The Morgan fingerprint density at radius 2 is 2.17 bits per heavy atom. The van der Waals surface area contributed by atoms with Gasteiger partial charge in [-0.05, 0) is 6.07 Å². The highest BCUT2D eigenvalue weighted by atomic mass is 35.5. The molecule has 1 aromatic carbocycles. The van der Waals surface area contributed by atoms with Crippen LogP contribution < -0.4 is 10.2 Å². The summed E-state index contributed by atoms with van der Waals surface area (Å²) >= 11 is 5.68. The van der Waals surface area contributed by atoms with Gasteiger partial charge in [0, 0.05) is 12.1 Å². The van der Waals surface area contributed by atoms with E-state index in [-0.39, 0.29) is 11.3 Å². The van der Waals surface area contributed by atoms with E-state index in [4.69, 9.17) is 25.2 Å². The molecule has 2 aromatic heterocycles. The van der Waals surface area contributed by atoms with E-state index in [0.717, 1.165) is 5.39 Å². The molecule has 0 aliphatic heterocycles. The first-order chi connectivity index (χ1) is 8.74. The van der Waals surface area contributed by atoms with Gasteiger partial charge in [-0.1, -0.05) is 0 Å². The Labute approximate surface area is 107 Å². The lowest BCUT2D eigenvalue weighted by Crippen LogP contribution is -2.03. The SMILES string of the molecule is COc1c2ccoc2cc2oc(CCl)cc(=O)c12. The number of methoxy groups -OCH3 is 1. The fourth-order valence-corrected chi connectivity index (χ4v) is 2.17. The minimum absolute atomic E-state index is 0.143. The van der Waals surface area contributed by atoms with Crippen molar-refractivity contribution in [1.29, 1.82) is 0 Å². The Bertz CT molecular complexity index is 785. The van der Waals surface area contributed by atoms with Crippen molar-refractivity contribution >= 4 is 33.5 Å². The molecule has 92 valence electrons. The van der Waals surface area contributed by atoms with E-state index >= 15 is 0 Å². The fraction of sp³-hybridized carbons (Fsp3) is 0.154. The summed E-state index contributed by atoms with van der Waals surface area (Å²) in [5, 5.41) is 1.15. The van der Waals surface area contributed by atoms with Gasteiger partial charge < -0.3 is 13.6 Å². The lowest BCUT2D eigenvalue weighted by atomic mass is 10.1. The maximum Gasteiger partial charge on any atom is 0.196 e. The van der Waals surface area contributed by atoms with Crippen LogP contribution in [0.3, 0.4) is 0 Å². The zero-order valence-corrected chi connectivity index (χ0v) is 10.3. The molecule has 0 aliphatic carbocycles. The van der Waals surface area contributed by atoms with Crippen molar-refractivity contribution in [3.63, 3.8) is 0 Å². The Balaban J connectivity index is 2.55. The van der Waals surface area contributed by atoms with Crippen molar-refractivity contribution in [2.45, 2.75) is 5.88 Å². The van der Waals surface area contributed by atoms with E-state index in [2.05, 4.69) is 0 Å². The largest absolute Gasteiger partial charge is 0.495 e. The van der Waals surface area contributed by atoms with Crippen LogP contribution in [0.15, 0.2) is 38.1 Å². The zero-order chi connectivity index (χ0) is 12.7. The molecule has 0 aliphatic rings. The maximum absolute atomic E-state index is 12.1. The minimum Gasteiger partial charge on any atom is -0.495 e. The van der Waals surface area contributed by atoms with Crippen LogP contribution in [-0.4, -0.2) is 7.11 Å². The molecular formula is C13H9ClO4. The molecule has 0 saturated carbocycles. The molecule has 0 spiro atoms. The van der Waals surface area contributed by atoms with Gasteiger partial charge in [0.05, 0.1) is 24.6 Å². The fourth-order valence-electron chi connectivity index (χ4n) is 2.04. The summed E-state index contributed by atoms with van der Waals surface area (Å²) in [6.45, 7) is 0. The standard InChI is InChI=1S/C13H9ClO4/c1-16-13-8-2-3-17-10(8)5-11-12(13)9(15)4-7(6-14)18-11/h2-5H,6H2,1H3. The average Bonchev–Trinajstić information content (AvgIpc) is 2.83. The van der Waals surface area contributed by atoms with Crippen molar-refractivity contribution in [2.75, 3.05) is 7.11 Å². The van der Waals surface area contributed by atoms with Gasteiger partial charge in [0.1, 0.15) is 28.1 Å². The summed E-state index contributed by atoms with van der Waals surface area (Å²) in [5.41, 5.74) is 0.846. The lowest BCUT2D eigenvalue weighted by molar-refractivity contribution is 0.423. The van der Waals surface area contributed by atoms with Crippen LogP contribution in [0.5, 0.6) is 5.75 Å². The zero-order valence-electron chi connectivity index (χ0n) is 9.53. The molecule has 0 atom stereocenters. The summed E-state index contributed by atoms with van der Waals surface area (Å²) in [6, 6.07) is 4.80. The van der Waals surface area contributed by atoms with Crippen molar-refractivity contribution in [3.05, 3.63) is 40.4 Å². The molecule has 0 unspecified atom stereocenters. The second-order valence-electron chi connectivity index (χ2n) is 3.83. The van der Waals surface area contributed by atoms with Crippen molar-refractivity contribution in [1.82, 2.24) is 0 Å². The first-order valence-corrected chi connectivity index (χ1v) is 5.85. The second kappa shape index (κ2) is 4.07. The van der Waals surface area contributed by atoms with Gasteiger partial charge in [-0.2, -0.15) is 0 Å². The third-order valence-electron chi connectivity index (χ3n) is 2.79. The Kier molecular flexibility index (Phi) is 2.52. The van der Waals surface area contributed by atoms with Crippen LogP contribution in [0, 0.1) is 0 Å². The highest BCUT2D eigenvalue weighted by Crippen LogP contribution is 2.33. The molecule has 5 heteroatoms. The van der Waals surface area contributed by atoms with Gasteiger partial charge in [0.25, 0.3) is 0 Å². The number of halogens is 1. The highest BCUT2D eigenvalue weighted by Gasteiger charge is 2.15. The van der Waals surface area contributed by atoms with Gasteiger partial charge >= 0.3 is 0 Å². The molecule has 0 fully saturated rings. The lowest BCUT2D eigenvalue weighted by Gasteiger charge is -2.06. The van der Waals surface area contributed by atoms with E-state index in [1.54, 1.807) is 18.4 Å². The Morgan fingerprint density at radius 1 is 1.33 bits per heavy atom. The molecule has 0 amide bonds. The van der Waals surface area contributed by atoms with Crippen LogP contribution in [0.1, 0.15) is 5.76 Å². The predicted molar refractivity (Wildman–Crippen MR) is 68.4 cm³/mol. The number of furan rings is 1. The van der Waals surface area contributed by atoms with Crippen LogP contribution in [0.2, 0.25) is 0 Å². The van der Waals surface area contributed by atoms with Crippen molar-refractivity contribution < 1.29 is 13.6 Å². The number of ether oxygens (including phenoxy) is 1. The average molecular weight is 265 g/mol. The summed E-state index contributed by atoms with van der Waals surface area (Å²) in [5.74, 6) is 1.03. The molecule has 2 heterocycles. The molecular weight excluding hydrogens is 256 g/mol. The summed E-state index contributed by atoms with van der Waals surface area (Å²) < 4.78 is 16.1. The van der Waals surface area contributed by atoms with E-state index in [1.807, 2.05) is 0 Å². The van der Waals surface area contributed by atoms with Gasteiger partial charge in [-0.15, -0.1) is 11.6 Å². The Hall–Kier alpha value is -1.94. The van der Waals surface area contributed by atoms with E-state index in [9.17, 15) is 4.79 Å². The van der Waals surface area contributed by atoms with Crippen LogP contribution in [-0.2, 0) is 5.88 Å². The number of benzene rings is 1. The molecule has 0 N–H and O–H groups in total. The first-order valence-electron chi connectivity index (χ1n) is 5.31. The number of hydrogen-bond acceptors (Lipinski definition) is 4. The predicted octanol–water partition coefficient (Wildman–Crippen LogP) is 3.29. The van der Waals surface area contributed by atoms with E-state index < -0.39 is 0 Å². The smallest absolute Gasteiger partial charge is 0.196 e. The topological polar surface area (TPSA) is 52.6 Å². The van der Waals surface area contributed by atoms with E-state index in [1.165, 1.54) is 13.2 Å². The molecule has 0 saturated heterocycles. The molecule has 3 rings (SSSR count). The minimum atomic E-state index is -0.174. The van der Waals surface area contributed by atoms with Gasteiger partial charge in [0.15, 0.2) is 5.43 Å². The van der Waals surface area contributed by atoms with Crippen molar-refractivity contribution in [2.24, 2.45) is 0 Å². The summed E-state index contributed by atoms with van der Waals surface area (Å²) in [7, 11) is 1.51. The number of fused-ring (bicyclic) bond motifs is 2. The van der Waals surface area contributed by atoms with Gasteiger partial charge in [-0.3, -0.25) is 4.79 Å². The maximum atomic E-state index is 12.1. The summed E-state index contributed by atoms with van der Waals surface area (Å²) in [4.78, 5) is 12.1. The number of rotatable bonds is 2. The van der Waals surface area contributed by atoms with Crippen LogP contribution in [0.25, 0.3) is 21.9 Å². The molecule has 0 radical (unpaired) electrons. The molecule has 4 nitrogen and oxygen atoms in total. The molecule has 3 aromatic rings.